The first-order valence-electron chi connectivity index (χ1n) is 5.60. The summed E-state index contributed by atoms with van der Waals surface area (Å²) >= 11 is 0. The molecule has 1 aliphatic heterocycles. The zero-order chi connectivity index (χ0) is 12.5. The predicted octanol–water partition coefficient (Wildman–Crippen LogP) is 2.89. The summed E-state index contributed by atoms with van der Waals surface area (Å²) < 4.78 is 5.33. The largest absolute Gasteiger partial charge is 0.443 e. The molecular formula is C13H16N2O2. The highest BCUT2D eigenvalue weighted by Gasteiger charge is 2.25. The van der Waals surface area contributed by atoms with E-state index in [1.807, 2.05) is 39.0 Å². The maximum absolute atomic E-state index is 12.0. The molecule has 17 heavy (non-hydrogen) atoms. The summed E-state index contributed by atoms with van der Waals surface area (Å²) in [7, 11) is 0. The van der Waals surface area contributed by atoms with Gasteiger partial charge in [-0.1, -0.05) is 12.1 Å². The molecule has 4 nitrogen and oxygen atoms in total. The van der Waals surface area contributed by atoms with Gasteiger partial charge in [-0.15, -0.1) is 0 Å². The fourth-order valence-corrected chi connectivity index (χ4v) is 1.62. The molecule has 0 radical (unpaired) electrons. The molecular weight excluding hydrogens is 216 g/mol. The van der Waals surface area contributed by atoms with Crippen LogP contribution in [-0.4, -0.2) is 16.7 Å². The SMILES string of the molecule is CC(C)(C)OC(=O)N1C=CCc2cccnc21. The van der Waals surface area contributed by atoms with Gasteiger partial charge in [0.25, 0.3) is 0 Å². The lowest BCUT2D eigenvalue weighted by molar-refractivity contribution is 0.0595. The molecule has 0 atom stereocenters. The van der Waals surface area contributed by atoms with Crippen molar-refractivity contribution < 1.29 is 9.53 Å². The molecule has 1 aliphatic rings. The average molecular weight is 232 g/mol. The molecule has 0 aliphatic carbocycles. The highest BCUT2D eigenvalue weighted by Crippen LogP contribution is 2.24. The fraction of sp³-hybridized carbons (Fsp3) is 0.385. The second kappa shape index (κ2) is 4.20. The van der Waals surface area contributed by atoms with Gasteiger partial charge in [-0.05, 0) is 38.8 Å². The number of fused-ring (bicyclic) bond motifs is 1. The smallest absolute Gasteiger partial charge is 0.420 e. The Labute approximate surface area is 101 Å². The number of ether oxygens (including phenoxy) is 1. The highest BCUT2D eigenvalue weighted by atomic mass is 16.6. The van der Waals surface area contributed by atoms with Gasteiger partial charge in [-0.25, -0.2) is 14.7 Å². The number of hydrogen-bond acceptors (Lipinski definition) is 3. The predicted molar refractivity (Wildman–Crippen MR) is 65.8 cm³/mol. The second-order valence-electron chi connectivity index (χ2n) is 4.93. The number of hydrogen-bond donors (Lipinski definition) is 0. The Morgan fingerprint density at radius 2 is 2.24 bits per heavy atom. The van der Waals surface area contributed by atoms with Crippen molar-refractivity contribution in [3.63, 3.8) is 0 Å². The molecule has 0 spiro atoms. The summed E-state index contributed by atoms with van der Waals surface area (Å²) in [6, 6.07) is 3.83. The summed E-state index contributed by atoms with van der Waals surface area (Å²) in [5, 5.41) is 0. The van der Waals surface area contributed by atoms with Crippen molar-refractivity contribution >= 4 is 11.9 Å². The van der Waals surface area contributed by atoms with Crippen LogP contribution in [0.1, 0.15) is 26.3 Å². The summed E-state index contributed by atoms with van der Waals surface area (Å²) in [5.41, 5.74) is 0.526. The molecule has 1 aromatic rings. The van der Waals surface area contributed by atoms with E-state index >= 15 is 0 Å². The molecule has 0 bridgehead atoms. The highest BCUT2D eigenvalue weighted by molar-refractivity contribution is 5.90. The van der Waals surface area contributed by atoms with Crippen molar-refractivity contribution in [1.82, 2.24) is 4.98 Å². The van der Waals surface area contributed by atoms with Crippen LogP contribution in [0.4, 0.5) is 10.6 Å². The van der Waals surface area contributed by atoms with E-state index in [2.05, 4.69) is 4.98 Å². The molecule has 1 aromatic heterocycles. The number of amides is 1. The molecule has 2 heterocycles. The van der Waals surface area contributed by atoms with Crippen molar-refractivity contribution in [1.29, 1.82) is 0 Å². The van der Waals surface area contributed by atoms with Crippen LogP contribution in [0.5, 0.6) is 0 Å². The monoisotopic (exact) mass is 232 g/mol. The molecule has 0 fully saturated rings. The minimum absolute atomic E-state index is 0.395. The Kier molecular flexibility index (Phi) is 2.88. The first-order chi connectivity index (χ1) is 7.97. The van der Waals surface area contributed by atoms with Gasteiger partial charge in [-0.3, -0.25) is 0 Å². The Balaban J connectivity index is 2.25. The van der Waals surface area contributed by atoms with Gasteiger partial charge in [0.2, 0.25) is 0 Å². The number of rotatable bonds is 0. The molecule has 0 saturated heterocycles. The molecule has 0 saturated carbocycles. The number of anilines is 1. The standard InChI is InChI=1S/C13H16N2O2/c1-13(2,3)17-12(16)15-9-5-7-10-6-4-8-14-11(10)15/h4-6,8-9H,7H2,1-3H3. The van der Waals surface area contributed by atoms with Crippen LogP contribution >= 0.6 is 0 Å². The van der Waals surface area contributed by atoms with E-state index in [4.69, 9.17) is 4.74 Å². The van der Waals surface area contributed by atoms with Gasteiger partial charge in [0.05, 0.1) is 0 Å². The van der Waals surface area contributed by atoms with Crippen molar-refractivity contribution in [2.75, 3.05) is 4.90 Å². The Morgan fingerprint density at radius 1 is 1.47 bits per heavy atom. The first-order valence-corrected chi connectivity index (χ1v) is 5.60. The van der Waals surface area contributed by atoms with Crippen LogP contribution in [0.3, 0.4) is 0 Å². The van der Waals surface area contributed by atoms with Crippen LogP contribution < -0.4 is 4.90 Å². The topological polar surface area (TPSA) is 42.4 Å². The Morgan fingerprint density at radius 3 is 2.94 bits per heavy atom. The lowest BCUT2D eigenvalue weighted by Gasteiger charge is -2.27. The number of carbonyl (C=O) groups is 1. The van der Waals surface area contributed by atoms with Gasteiger partial charge in [0, 0.05) is 12.4 Å². The van der Waals surface area contributed by atoms with Crippen molar-refractivity contribution in [3.8, 4) is 0 Å². The average Bonchev–Trinajstić information content (AvgIpc) is 2.26. The number of carbonyl (C=O) groups excluding carboxylic acids is 1. The normalized spacial score (nSPS) is 14.4. The van der Waals surface area contributed by atoms with Crippen LogP contribution in [-0.2, 0) is 11.2 Å². The van der Waals surface area contributed by atoms with Crippen LogP contribution in [0, 0.1) is 0 Å². The summed E-state index contributed by atoms with van der Waals surface area (Å²) in [6.07, 6.45) is 5.71. The Hall–Kier alpha value is -1.84. The maximum Gasteiger partial charge on any atom is 0.420 e. The maximum atomic E-state index is 12.0. The van der Waals surface area contributed by atoms with E-state index in [0.717, 1.165) is 12.0 Å². The van der Waals surface area contributed by atoms with Crippen molar-refractivity contribution in [3.05, 3.63) is 36.2 Å². The third kappa shape index (κ3) is 2.64. The van der Waals surface area contributed by atoms with Gasteiger partial charge in [-0.2, -0.15) is 0 Å². The molecule has 0 N–H and O–H groups in total. The lowest BCUT2D eigenvalue weighted by atomic mass is 10.1. The van der Waals surface area contributed by atoms with E-state index in [1.165, 1.54) is 4.90 Å². The van der Waals surface area contributed by atoms with E-state index < -0.39 is 11.7 Å². The van der Waals surface area contributed by atoms with Gasteiger partial charge < -0.3 is 4.74 Å². The van der Waals surface area contributed by atoms with E-state index in [1.54, 1.807) is 12.4 Å². The van der Waals surface area contributed by atoms with Crippen molar-refractivity contribution in [2.45, 2.75) is 32.8 Å². The number of nitrogens with zero attached hydrogens (tertiary/aromatic N) is 2. The lowest BCUT2D eigenvalue weighted by Crippen LogP contribution is -2.35. The van der Waals surface area contributed by atoms with Crippen LogP contribution in [0.2, 0.25) is 0 Å². The van der Waals surface area contributed by atoms with E-state index in [-0.39, 0.29) is 0 Å². The first kappa shape index (κ1) is 11.6. The number of allylic oxidation sites excluding steroid dienone is 1. The number of pyridine rings is 1. The van der Waals surface area contributed by atoms with Crippen LogP contribution in [0.25, 0.3) is 0 Å². The minimum Gasteiger partial charge on any atom is -0.443 e. The van der Waals surface area contributed by atoms with Gasteiger partial charge >= 0.3 is 6.09 Å². The molecule has 90 valence electrons. The third-order valence-corrected chi connectivity index (χ3v) is 2.28. The summed E-state index contributed by atoms with van der Waals surface area (Å²) in [6.45, 7) is 5.54. The molecule has 4 heteroatoms. The zero-order valence-corrected chi connectivity index (χ0v) is 10.3. The quantitative estimate of drug-likeness (QED) is 0.690. The van der Waals surface area contributed by atoms with E-state index in [9.17, 15) is 4.79 Å². The van der Waals surface area contributed by atoms with E-state index in [0.29, 0.717) is 5.82 Å². The Bertz CT molecular complexity index is 461. The fourth-order valence-electron chi connectivity index (χ4n) is 1.62. The van der Waals surface area contributed by atoms with Gasteiger partial charge in [0.1, 0.15) is 11.4 Å². The summed E-state index contributed by atoms with van der Waals surface area (Å²) in [4.78, 5) is 17.7. The van der Waals surface area contributed by atoms with Crippen LogP contribution in [0.15, 0.2) is 30.6 Å². The van der Waals surface area contributed by atoms with Crippen molar-refractivity contribution in [2.24, 2.45) is 0 Å². The molecule has 1 amide bonds. The summed E-state index contributed by atoms with van der Waals surface area (Å²) in [5.74, 6) is 0.657. The number of aromatic nitrogens is 1. The third-order valence-electron chi connectivity index (χ3n) is 2.28. The second-order valence-corrected chi connectivity index (χ2v) is 4.93. The molecule has 0 aromatic carbocycles. The van der Waals surface area contributed by atoms with Gasteiger partial charge in [0.15, 0.2) is 0 Å². The molecule has 2 rings (SSSR count). The molecule has 0 unspecified atom stereocenters. The zero-order valence-electron chi connectivity index (χ0n) is 10.3. The minimum atomic E-state index is -0.503.